The molecule has 1 rings (SSSR count). The Morgan fingerprint density at radius 3 is 2.56 bits per heavy atom. The summed E-state index contributed by atoms with van der Waals surface area (Å²) in [5, 5.41) is 23.3. The van der Waals surface area contributed by atoms with E-state index in [1.807, 2.05) is 6.92 Å². The molecular weight excluding hydrogens is 208 g/mol. The normalized spacial score (nSPS) is 12.4. The summed E-state index contributed by atoms with van der Waals surface area (Å²) in [7, 11) is 0. The number of hydrogen-bond acceptors (Lipinski definition) is 4. The lowest BCUT2D eigenvalue weighted by molar-refractivity contribution is -0.384. The van der Waals surface area contributed by atoms with Crippen molar-refractivity contribution in [1.29, 1.82) is 0 Å². The van der Waals surface area contributed by atoms with Gasteiger partial charge in [0.25, 0.3) is 5.69 Å². The molecule has 0 amide bonds. The van der Waals surface area contributed by atoms with E-state index in [9.17, 15) is 15.2 Å². The zero-order chi connectivity index (χ0) is 12.0. The van der Waals surface area contributed by atoms with Crippen molar-refractivity contribution >= 4 is 5.69 Å². The van der Waals surface area contributed by atoms with Gasteiger partial charge < -0.3 is 10.4 Å². The topological polar surface area (TPSA) is 75.4 Å². The number of aliphatic hydroxyl groups is 1. The Hall–Kier alpha value is -1.46. The third kappa shape index (κ3) is 3.60. The zero-order valence-electron chi connectivity index (χ0n) is 9.22. The minimum atomic E-state index is -0.618. The monoisotopic (exact) mass is 224 g/mol. The summed E-state index contributed by atoms with van der Waals surface area (Å²) >= 11 is 0. The predicted molar refractivity (Wildman–Crippen MR) is 61.2 cm³/mol. The molecule has 0 fully saturated rings. The smallest absolute Gasteiger partial charge is 0.269 e. The fourth-order valence-corrected chi connectivity index (χ4v) is 1.35. The van der Waals surface area contributed by atoms with Crippen LogP contribution in [-0.2, 0) is 0 Å². The number of nitrogens with one attached hydrogen (secondary N) is 1. The molecule has 0 radical (unpaired) electrons. The summed E-state index contributed by atoms with van der Waals surface area (Å²) in [6.07, 6.45) is 0.389. The fraction of sp³-hybridized carbons (Fsp3) is 0.455. The number of aliphatic hydroxyl groups excluding tert-OH is 1. The summed E-state index contributed by atoms with van der Waals surface area (Å²) in [6.45, 7) is 3.36. The van der Waals surface area contributed by atoms with Gasteiger partial charge in [-0.3, -0.25) is 10.1 Å². The van der Waals surface area contributed by atoms with E-state index in [2.05, 4.69) is 5.32 Å². The third-order valence-corrected chi connectivity index (χ3v) is 2.25. The number of non-ortho nitro benzene ring substituents is 1. The molecule has 5 nitrogen and oxygen atoms in total. The lowest BCUT2D eigenvalue weighted by Gasteiger charge is -2.11. The molecule has 16 heavy (non-hydrogen) atoms. The first-order valence-electron chi connectivity index (χ1n) is 5.28. The van der Waals surface area contributed by atoms with Crippen LogP contribution in [0, 0.1) is 10.1 Å². The number of rotatable bonds is 6. The van der Waals surface area contributed by atoms with Crippen LogP contribution >= 0.6 is 0 Å². The largest absolute Gasteiger partial charge is 0.387 e. The molecule has 0 aliphatic heterocycles. The number of nitrogens with zero attached hydrogens (tertiary/aromatic N) is 1. The summed E-state index contributed by atoms with van der Waals surface area (Å²) < 4.78 is 0. The van der Waals surface area contributed by atoms with Crippen molar-refractivity contribution in [1.82, 2.24) is 5.32 Å². The molecule has 0 aliphatic rings. The maximum absolute atomic E-state index is 10.4. The van der Waals surface area contributed by atoms with E-state index in [1.165, 1.54) is 12.1 Å². The highest BCUT2D eigenvalue weighted by molar-refractivity contribution is 5.33. The van der Waals surface area contributed by atoms with Crippen LogP contribution in [0.15, 0.2) is 24.3 Å². The van der Waals surface area contributed by atoms with Crippen LogP contribution in [0.3, 0.4) is 0 Å². The van der Waals surface area contributed by atoms with Crippen LogP contribution in [-0.4, -0.2) is 23.1 Å². The van der Waals surface area contributed by atoms with Crippen molar-refractivity contribution in [3.63, 3.8) is 0 Å². The first-order chi connectivity index (χ1) is 7.65. The molecule has 1 aromatic rings. The SMILES string of the molecule is CCCNCC(O)c1ccc([N+](=O)[O-])cc1. The van der Waals surface area contributed by atoms with Gasteiger partial charge in [-0.2, -0.15) is 0 Å². The van der Waals surface area contributed by atoms with Crippen LogP contribution in [0.4, 0.5) is 5.69 Å². The lowest BCUT2D eigenvalue weighted by Crippen LogP contribution is -2.22. The van der Waals surface area contributed by atoms with Gasteiger partial charge in [-0.25, -0.2) is 0 Å². The Balaban J connectivity index is 2.56. The van der Waals surface area contributed by atoms with Gasteiger partial charge in [0.15, 0.2) is 0 Å². The van der Waals surface area contributed by atoms with E-state index in [1.54, 1.807) is 12.1 Å². The summed E-state index contributed by atoms with van der Waals surface area (Å²) in [5.74, 6) is 0. The molecule has 0 saturated carbocycles. The van der Waals surface area contributed by atoms with Crippen LogP contribution in [0.5, 0.6) is 0 Å². The summed E-state index contributed by atoms with van der Waals surface area (Å²) in [4.78, 5) is 9.97. The molecule has 1 atom stereocenters. The molecule has 1 aromatic carbocycles. The Labute approximate surface area is 94.3 Å². The van der Waals surface area contributed by atoms with E-state index in [0.717, 1.165) is 13.0 Å². The fourth-order valence-electron chi connectivity index (χ4n) is 1.35. The Kier molecular flexibility index (Phi) is 4.88. The maximum Gasteiger partial charge on any atom is 0.269 e. The van der Waals surface area contributed by atoms with Gasteiger partial charge in [0, 0.05) is 18.7 Å². The van der Waals surface area contributed by atoms with E-state index < -0.39 is 11.0 Å². The van der Waals surface area contributed by atoms with Crippen LogP contribution in [0.25, 0.3) is 0 Å². The second kappa shape index (κ2) is 6.19. The maximum atomic E-state index is 10.4. The van der Waals surface area contributed by atoms with Gasteiger partial charge in [0.2, 0.25) is 0 Å². The molecule has 0 heterocycles. The predicted octanol–water partition coefficient (Wildman–Crippen LogP) is 1.63. The van der Waals surface area contributed by atoms with Gasteiger partial charge in [0.1, 0.15) is 0 Å². The van der Waals surface area contributed by atoms with Crippen molar-refractivity contribution in [3.8, 4) is 0 Å². The molecule has 0 aromatic heterocycles. The number of benzene rings is 1. The van der Waals surface area contributed by atoms with Crippen LogP contribution < -0.4 is 5.32 Å². The first-order valence-corrected chi connectivity index (χ1v) is 5.28. The molecule has 0 bridgehead atoms. The molecular formula is C11H16N2O3. The second-order valence-electron chi connectivity index (χ2n) is 3.57. The average molecular weight is 224 g/mol. The molecule has 0 spiro atoms. The van der Waals surface area contributed by atoms with Crippen LogP contribution in [0.2, 0.25) is 0 Å². The summed E-state index contributed by atoms with van der Waals surface area (Å²) in [6, 6.07) is 5.96. The Morgan fingerprint density at radius 2 is 2.06 bits per heavy atom. The highest BCUT2D eigenvalue weighted by atomic mass is 16.6. The highest BCUT2D eigenvalue weighted by Gasteiger charge is 2.09. The number of nitro benzene ring substituents is 1. The molecule has 1 unspecified atom stereocenters. The van der Waals surface area contributed by atoms with Crippen molar-refractivity contribution in [2.45, 2.75) is 19.4 Å². The Bertz CT molecular complexity index is 338. The van der Waals surface area contributed by atoms with Gasteiger partial charge in [-0.15, -0.1) is 0 Å². The minimum absolute atomic E-state index is 0.0393. The van der Waals surface area contributed by atoms with Crippen molar-refractivity contribution in [3.05, 3.63) is 39.9 Å². The van der Waals surface area contributed by atoms with E-state index in [0.29, 0.717) is 12.1 Å². The van der Waals surface area contributed by atoms with E-state index in [-0.39, 0.29) is 5.69 Å². The Morgan fingerprint density at radius 1 is 1.44 bits per heavy atom. The van der Waals surface area contributed by atoms with Crippen molar-refractivity contribution in [2.24, 2.45) is 0 Å². The number of hydrogen-bond donors (Lipinski definition) is 2. The van der Waals surface area contributed by atoms with E-state index in [4.69, 9.17) is 0 Å². The molecule has 0 saturated heterocycles. The molecule has 0 aliphatic carbocycles. The van der Waals surface area contributed by atoms with E-state index >= 15 is 0 Å². The average Bonchev–Trinajstić information content (AvgIpc) is 2.29. The minimum Gasteiger partial charge on any atom is -0.387 e. The van der Waals surface area contributed by atoms with Crippen LogP contribution in [0.1, 0.15) is 25.0 Å². The van der Waals surface area contributed by atoms with Crippen molar-refractivity contribution in [2.75, 3.05) is 13.1 Å². The third-order valence-electron chi connectivity index (χ3n) is 2.25. The quantitative estimate of drug-likeness (QED) is 0.437. The van der Waals surface area contributed by atoms with Crippen molar-refractivity contribution < 1.29 is 10.0 Å². The zero-order valence-corrected chi connectivity index (χ0v) is 9.22. The highest BCUT2D eigenvalue weighted by Crippen LogP contribution is 2.17. The van der Waals surface area contributed by atoms with Gasteiger partial charge in [0.05, 0.1) is 11.0 Å². The second-order valence-corrected chi connectivity index (χ2v) is 3.57. The van der Waals surface area contributed by atoms with Gasteiger partial charge in [-0.05, 0) is 30.7 Å². The standard InChI is InChI=1S/C11H16N2O3/c1-2-7-12-8-11(14)9-3-5-10(6-4-9)13(15)16/h3-6,11-12,14H,2,7-8H2,1H3. The van der Waals surface area contributed by atoms with Gasteiger partial charge in [-0.1, -0.05) is 6.92 Å². The first kappa shape index (κ1) is 12.6. The number of nitro groups is 1. The lowest BCUT2D eigenvalue weighted by atomic mass is 10.1. The molecule has 2 N–H and O–H groups in total. The van der Waals surface area contributed by atoms with Gasteiger partial charge >= 0.3 is 0 Å². The summed E-state index contributed by atoms with van der Waals surface area (Å²) in [5.41, 5.74) is 0.728. The molecule has 5 heteroatoms. The molecule has 88 valence electrons.